The van der Waals surface area contributed by atoms with Crippen molar-refractivity contribution in [3.05, 3.63) is 35.4 Å². The van der Waals surface area contributed by atoms with Gasteiger partial charge in [-0.05, 0) is 38.5 Å². The predicted octanol–water partition coefficient (Wildman–Crippen LogP) is 1.94. The number of rotatable bonds is 4. The van der Waals surface area contributed by atoms with E-state index in [4.69, 9.17) is 9.84 Å². The van der Waals surface area contributed by atoms with E-state index in [9.17, 15) is 14.7 Å². The number of aliphatic hydroxyl groups is 1. The number of hydrogen-bond donors (Lipinski definition) is 3. The molecule has 0 bridgehead atoms. The highest BCUT2D eigenvalue weighted by atomic mass is 16.6. The van der Waals surface area contributed by atoms with Crippen LogP contribution in [-0.4, -0.2) is 34.5 Å². The summed E-state index contributed by atoms with van der Waals surface area (Å²) >= 11 is 0. The van der Waals surface area contributed by atoms with Gasteiger partial charge < -0.3 is 20.3 Å². The Labute approximate surface area is 117 Å². The smallest absolute Gasteiger partial charge is 0.408 e. The minimum atomic E-state index is -1.03. The second-order valence-electron chi connectivity index (χ2n) is 5.31. The van der Waals surface area contributed by atoms with Crippen molar-refractivity contribution in [2.45, 2.75) is 32.4 Å². The van der Waals surface area contributed by atoms with Crippen LogP contribution in [0.5, 0.6) is 0 Å². The van der Waals surface area contributed by atoms with E-state index >= 15 is 0 Å². The van der Waals surface area contributed by atoms with Gasteiger partial charge >= 0.3 is 12.1 Å². The zero-order valence-corrected chi connectivity index (χ0v) is 11.7. The quantitative estimate of drug-likeness (QED) is 0.783. The van der Waals surface area contributed by atoms with Gasteiger partial charge in [0, 0.05) is 0 Å². The second kappa shape index (κ2) is 6.38. The Balaban J connectivity index is 2.75. The van der Waals surface area contributed by atoms with Gasteiger partial charge in [-0.3, -0.25) is 0 Å². The Hall–Kier alpha value is -2.08. The summed E-state index contributed by atoms with van der Waals surface area (Å²) in [5.41, 5.74) is 0.114. The van der Waals surface area contributed by atoms with Crippen molar-refractivity contribution < 1.29 is 24.5 Å². The van der Waals surface area contributed by atoms with Crippen LogP contribution >= 0.6 is 0 Å². The first kappa shape index (κ1) is 16.0. The van der Waals surface area contributed by atoms with E-state index in [-0.39, 0.29) is 12.2 Å². The molecule has 1 aromatic rings. The number of benzene rings is 1. The van der Waals surface area contributed by atoms with Crippen LogP contribution < -0.4 is 5.32 Å². The molecule has 1 rings (SSSR count). The number of carboxylic acid groups (broad SMARTS) is 1. The number of ether oxygens (including phenoxy) is 1. The lowest BCUT2D eigenvalue weighted by Gasteiger charge is -2.23. The summed E-state index contributed by atoms with van der Waals surface area (Å²) in [7, 11) is 0. The maximum absolute atomic E-state index is 11.6. The van der Waals surface area contributed by atoms with Crippen LogP contribution in [-0.2, 0) is 4.74 Å². The highest BCUT2D eigenvalue weighted by Crippen LogP contribution is 2.15. The normalized spacial score (nSPS) is 12.6. The third-order valence-corrected chi connectivity index (χ3v) is 2.43. The minimum Gasteiger partial charge on any atom is -0.478 e. The van der Waals surface area contributed by atoms with Crippen molar-refractivity contribution in [3.8, 4) is 0 Å². The summed E-state index contributed by atoms with van der Waals surface area (Å²) in [6.45, 7) is 4.90. The minimum absolute atomic E-state index is 0.141. The zero-order chi connectivity index (χ0) is 15.3. The number of hydrogen-bond acceptors (Lipinski definition) is 4. The molecule has 0 aromatic heterocycles. The first-order chi connectivity index (χ1) is 9.23. The van der Waals surface area contributed by atoms with E-state index in [1.165, 1.54) is 12.1 Å². The predicted molar refractivity (Wildman–Crippen MR) is 72.6 cm³/mol. The summed E-state index contributed by atoms with van der Waals surface area (Å²) in [4.78, 5) is 22.4. The van der Waals surface area contributed by atoms with Crippen molar-refractivity contribution >= 4 is 12.1 Å². The van der Waals surface area contributed by atoms with Crippen LogP contribution in [0.25, 0.3) is 0 Å². The molecule has 0 aliphatic carbocycles. The zero-order valence-electron chi connectivity index (χ0n) is 11.7. The Kier molecular flexibility index (Phi) is 5.10. The molecule has 3 N–H and O–H groups in total. The summed E-state index contributed by atoms with van der Waals surface area (Å²) in [6, 6.07) is 5.27. The molecule has 6 nitrogen and oxygen atoms in total. The molecule has 0 radical (unpaired) electrons. The monoisotopic (exact) mass is 281 g/mol. The number of alkyl carbamates (subject to hydrolysis) is 1. The number of nitrogens with one attached hydrogen (secondary N) is 1. The molecule has 0 aliphatic heterocycles. The van der Waals surface area contributed by atoms with Crippen LogP contribution in [0.4, 0.5) is 4.79 Å². The van der Waals surface area contributed by atoms with Gasteiger partial charge in [-0.1, -0.05) is 12.1 Å². The summed E-state index contributed by atoms with van der Waals surface area (Å²) in [5, 5.41) is 20.7. The summed E-state index contributed by atoms with van der Waals surface area (Å²) < 4.78 is 5.10. The molecule has 20 heavy (non-hydrogen) atoms. The molecule has 6 heteroatoms. The van der Waals surface area contributed by atoms with Gasteiger partial charge in [0.05, 0.1) is 18.2 Å². The van der Waals surface area contributed by atoms with Crippen molar-refractivity contribution in [1.82, 2.24) is 5.32 Å². The highest BCUT2D eigenvalue weighted by molar-refractivity contribution is 5.87. The third-order valence-electron chi connectivity index (χ3n) is 2.43. The number of amides is 1. The van der Waals surface area contributed by atoms with Crippen LogP contribution in [0.3, 0.4) is 0 Å². The third kappa shape index (κ3) is 4.89. The average Bonchev–Trinajstić information content (AvgIpc) is 2.34. The highest BCUT2D eigenvalue weighted by Gasteiger charge is 2.20. The number of carboxylic acids is 1. The molecular weight excluding hydrogens is 262 g/mol. The van der Waals surface area contributed by atoms with Crippen molar-refractivity contribution in [2.24, 2.45) is 0 Å². The molecule has 0 saturated carbocycles. The van der Waals surface area contributed by atoms with Crippen molar-refractivity contribution in [2.75, 3.05) is 6.61 Å². The van der Waals surface area contributed by atoms with Gasteiger partial charge in [0.2, 0.25) is 0 Å². The molecule has 0 fully saturated rings. The Morgan fingerprint density at radius 2 is 1.80 bits per heavy atom. The summed E-state index contributed by atoms with van der Waals surface area (Å²) in [6.07, 6.45) is -0.640. The van der Waals surface area contributed by atoms with E-state index in [1.54, 1.807) is 32.9 Å². The van der Waals surface area contributed by atoms with Crippen LogP contribution in [0.15, 0.2) is 24.3 Å². The Morgan fingerprint density at radius 1 is 1.25 bits per heavy atom. The molecule has 0 saturated heterocycles. The molecule has 0 aliphatic rings. The maximum atomic E-state index is 11.6. The van der Waals surface area contributed by atoms with Gasteiger partial charge in [-0.25, -0.2) is 9.59 Å². The van der Waals surface area contributed by atoms with Crippen LogP contribution in [0, 0.1) is 0 Å². The molecule has 0 heterocycles. The molecule has 1 aromatic carbocycles. The van der Waals surface area contributed by atoms with Gasteiger partial charge in [-0.2, -0.15) is 0 Å². The van der Waals surface area contributed by atoms with E-state index in [1.807, 2.05) is 0 Å². The van der Waals surface area contributed by atoms with E-state index in [0.29, 0.717) is 5.56 Å². The molecule has 0 unspecified atom stereocenters. The standard InChI is InChI=1S/C14H19NO5/c1-14(2,3)20-13(19)15-11(8-16)9-4-6-10(7-5-9)12(17)18/h4-7,11,16H,8H2,1-3H3,(H,15,19)(H,17,18)/t11-/m1/s1. The van der Waals surface area contributed by atoms with E-state index < -0.39 is 23.7 Å². The Bertz CT molecular complexity index is 475. The molecule has 110 valence electrons. The fraction of sp³-hybridized carbons (Fsp3) is 0.429. The van der Waals surface area contributed by atoms with Gasteiger partial charge in [-0.15, -0.1) is 0 Å². The van der Waals surface area contributed by atoms with Gasteiger partial charge in [0.15, 0.2) is 0 Å². The van der Waals surface area contributed by atoms with Crippen LogP contribution in [0.2, 0.25) is 0 Å². The number of aromatic carboxylic acids is 1. The largest absolute Gasteiger partial charge is 0.478 e. The fourth-order valence-corrected chi connectivity index (χ4v) is 1.54. The second-order valence-corrected chi connectivity index (χ2v) is 5.31. The summed E-state index contributed by atoms with van der Waals surface area (Å²) in [5.74, 6) is -1.03. The topological polar surface area (TPSA) is 95.9 Å². The Morgan fingerprint density at radius 3 is 2.20 bits per heavy atom. The van der Waals surface area contributed by atoms with Crippen LogP contribution in [0.1, 0.15) is 42.7 Å². The van der Waals surface area contributed by atoms with Gasteiger partial charge in [0.1, 0.15) is 5.60 Å². The van der Waals surface area contributed by atoms with E-state index in [2.05, 4.69) is 5.32 Å². The number of carbonyl (C=O) groups is 2. The first-order valence-corrected chi connectivity index (χ1v) is 6.16. The SMILES string of the molecule is CC(C)(C)OC(=O)N[C@H](CO)c1ccc(C(=O)O)cc1. The first-order valence-electron chi connectivity index (χ1n) is 6.16. The lowest BCUT2D eigenvalue weighted by Crippen LogP contribution is -2.36. The van der Waals surface area contributed by atoms with Crippen molar-refractivity contribution in [1.29, 1.82) is 0 Å². The lowest BCUT2D eigenvalue weighted by atomic mass is 10.1. The maximum Gasteiger partial charge on any atom is 0.408 e. The fourth-order valence-electron chi connectivity index (χ4n) is 1.54. The van der Waals surface area contributed by atoms with Crippen molar-refractivity contribution in [3.63, 3.8) is 0 Å². The molecule has 1 atom stereocenters. The number of carbonyl (C=O) groups excluding carboxylic acids is 1. The van der Waals surface area contributed by atoms with E-state index in [0.717, 1.165) is 0 Å². The average molecular weight is 281 g/mol. The molecule has 1 amide bonds. The molecule has 0 spiro atoms. The number of aliphatic hydroxyl groups excluding tert-OH is 1. The molecular formula is C14H19NO5. The van der Waals surface area contributed by atoms with Gasteiger partial charge in [0.25, 0.3) is 0 Å². The lowest BCUT2D eigenvalue weighted by molar-refractivity contribution is 0.0481.